The Kier molecular flexibility index (Phi) is 6.22. The quantitative estimate of drug-likeness (QED) is 0.522. The van der Waals surface area contributed by atoms with Crippen LogP contribution >= 0.6 is 11.3 Å². The van der Waals surface area contributed by atoms with Gasteiger partial charge in [0.05, 0.1) is 29.5 Å². The van der Waals surface area contributed by atoms with E-state index in [1.165, 1.54) is 6.07 Å². The van der Waals surface area contributed by atoms with E-state index in [2.05, 4.69) is 26.1 Å². The second-order valence-corrected chi connectivity index (χ2v) is 10.7. The minimum Gasteiger partial charge on any atom is -0.493 e. The van der Waals surface area contributed by atoms with Gasteiger partial charge in [-0.25, -0.2) is 4.98 Å². The summed E-state index contributed by atoms with van der Waals surface area (Å²) in [6.07, 6.45) is 1.34. The summed E-state index contributed by atoms with van der Waals surface area (Å²) < 4.78 is 27.5. The van der Waals surface area contributed by atoms with E-state index in [-0.39, 0.29) is 22.6 Å². The number of nitrogens with one attached hydrogen (secondary N) is 1. The number of aryl methyl sites for hydroxylation is 1. The number of benzene rings is 1. The summed E-state index contributed by atoms with van der Waals surface area (Å²) in [5.74, 6) is 1.63. The van der Waals surface area contributed by atoms with Gasteiger partial charge >= 0.3 is 0 Å². The number of thiophene rings is 1. The third-order valence-corrected chi connectivity index (χ3v) is 6.23. The topological polar surface area (TPSA) is 65.4 Å². The fourth-order valence-electron chi connectivity index (χ4n) is 3.91. The van der Waals surface area contributed by atoms with Crippen LogP contribution in [0, 0.1) is 10.5 Å². The number of rotatable bonds is 6. The molecule has 3 aromatic rings. The Bertz CT molecular complexity index is 1190. The summed E-state index contributed by atoms with van der Waals surface area (Å²) in [7, 11) is 1.62. The van der Waals surface area contributed by atoms with Crippen LogP contribution in [-0.4, -0.2) is 35.2 Å². The van der Waals surface area contributed by atoms with E-state index >= 15 is 0 Å². The van der Waals surface area contributed by atoms with Crippen molar-refractivity contribution in [2.45, 2.75) is 53.6 Å². The summed E-state index contributed by atoms with van der Waals surface area (Å²) in [6, 6.07) is 7.04. The number of fused-ring (bicyclic) bond motifs is 3. The zero-order valence-corrected chi connectivity index (χ0v) is 20.7. The molecule has 6 nitrogen and oxygen atoms in total. The van der Waals surface area contributed by atoms with Crippen LogP contribution in [0.25, 0.3) is 16.4 Å². The van der Waals surface area contributed by atoms with Crippen LogP contribution in [0.5, 0.6) is 11.5 Å². The van der Waals surface area contributed by atoms with Crippen molar-refractivity contribution in [2.75, 3.05) is 13.7 Å². The monoisotopic (exact) mass is 471 g/mol. The molecule has 0 spiro atoms. The molecule has 0 fully saturated rings. The zero-order valence-electron chi connectivity index (χ0n) is 19.9. The van der Waals surface area contributed by atoms with Crippen LogP contribution < -0.4 is 14.8 Å². The van der Waals surface area contributed by atoms with Crippen molar-refractivity contribution in [1.29, 1.82) is 0 Å². The molecule has 0 saturated heterocycles. The normalized spacial score (nSPS) is 13.0. The molecule has 0 aliphatic carbocycles. The molecule has 0 bridgehead atoms. The Labute approximate surface area is 197 Å². The smallest absolute Gasteiger partial charge is 0.271 e. The Balaban J connectivity index is 1.88. The van der Waals surface area contributed by atoms with Crippen LogP contribution in [-0.2, 0) is 12.8 Å². The lowest BCUT2D eigenvalue weighted by molar-refractivity contribution is 0.0933. The molecule has 1 aliphatic heterocycles. The van der Waals surface area contributed by atoms with Crippen molar-refractivity contribution in [3.8, 4) is 27.9 Å². The maximum atomic E-state index is 13.9. The summed E-state index contributed by atoms with van der Waals surface area (Å²) in [4.78, 5) is 18.5. The summed E-state index contributed by atoms with van der Waals surface area (Å²) in [5, 5.41) is 2.71. The van der Waals surface area contributed by atoms with Gasteiger partial charge in [0, 0.05) is 12.6 Å². The molecule has 0 atom stereocenters. The second-order valence-electron chi connectivity index (χ2n) is 9.71. The Morgan fingerprint density at radius 3 is 2.61 bits per heavy atom. The minimum atomic E-state index is -0.296. The van der Waals surface area contributed by atoms with Gasteiger partial charge in [0.2, 0.25) is 0 Å². The molecule has 0 unspecified atom stereocenters. The lowest BCUT2D eigenvalue weighted by Crippen LogP contribution is -2.33. The number of hydrogen-bond donors (Lipinski definition) is 1. The first kappa shape index (κ1) is 23.3. The van der Waals surface area contributed by atoms with Gasteiger partial charge in [-0.1, -0.05) is 20.8 Å². The fourth-order valence-corrected chi connectivity index (χ4v) is 4.62. The molecule has 1 amide bonds. The van der Waals surface area contributed by atoms with Gasteiger partial charge in [0.15, 0.2) is 22.5 Å². The second kappa shape index (κ2) is 8.82. The number of methoxy groups -OCH3 is 1. The lowest BCUT2D eigenvalue weighted by Gasteiger charge is -2.24. The van der Waals surface area contributed by atoms with Crippen molar-refractivity contribution in [3.63, 3.8) is 0 Å². The lowest BCUT2D eigenvalue weighted by atomic mass is 9.96. The minimum absolute atomic E-state index is 0.0348. The van der Waals surface area contributed by atoms with Crippen molar-refractivity contribution in [1.82, 2.24) is 14.9 Å². The number of carbonyl (C=O) groups is 1. The molecule has 1 aromatic carbocycles. The van der Waals surface area contributed by atoms with Crippen LogP contribution in [0.15, 0.2) is 24.3 Å². The number of aromatic nitrogens is 2. The Morgan fingerprint density at radius 1 is 1.24 bits per heavy atom. The van der Waals surface area contributed by atoms with E-state index in [1.54, 1.807) is 13.2 Å². The summed E-state index contributed by atoms with van der Waals surface area (Å²) >= 11 is 1.02. The highest BCUT2D eigenvalue weighted by atomic mass is 32.1. The van der Waals surface area contributed by atoms with Crippen molar-refractivity contribution >= 4 is 17.2 Å². The van der Waals surface area contributed by atoms with Crippen LogP contribution in [0.1, 0.15) is 56.4 Å². The molecule has 33 heavy (non-hydrogen) atoms. The van der Waals surface area contributed by atoms with Crippen molar-refractivity contribution < 1.29 is 18.7 Å². The van der Waals surface area contributed by atoms with Crippen LogP contribution in [0.3, 0.4) is 0 Å². The van der Waals surface area contributed by atoms with Crippen molar-refractivity contribution in [2.24, 2.45) is 5.41 Å². The molecular formula is C25H30FN3O3S. The van der Waals surface area contributed by atoms with Crippen LogP contribution in [0.2, 0.25) is 0 Å². The largest absolute Gasteiger partial charge is 0.493 e. The maximum Gasteiger partial charge on any atom is 0.271 e. The average molecular weight is 472 g/mol. The molecule has 0 radical (unpaired) electrons. The van der Waals surface area contributed by atoms with E-state index in [9.17, 15) is 9.18 Å². The fraction of sp³-hybridized carbons (Fsp3) is 0.440. The molecule has 0 saturated carbocycles. The first-order valence-electron chi connectivity index (χ1n) is 11.1. The number of halogens is 1. The van der Waals surface area contributed by atoms with Gasteiger partial charge in [-0.3, -0.25) is 9.36 Å². The first-order valence-corrected chi connectivity index (χ1v) is 11.9. The van der Waals surface area contributed by atoms with Gasteiger partial charge in [-0.15, -0.1) is 11.3 Å². The van der Waals surface area contributed by atoms with Gasteiger partial charge < -0.3 is 14.8 Å². The Morgan fingerprint density at radius 2 is 2.00 bits per heavy atom. The number of nitrogens with zero attached hydrogens (tertiary/aromatic N) is 2. The SMILES string of the molecule is COc1cc2c(cc1OC(C)C)-n1c(-c3ccc(F)s3)nc(C(=O)NCC(C)(C)C)c1CC2. The number of carbonyl (C=O) groups excluding carboxylic acids is 1. The summed E-state index contributed by atoms with van der Waals surface area (Å²) in [5.41, 5.74) is 3.09. The molecule has 2 aromatic heterocycles. The first-order chi connectivity index (χ1) is 15.6. The van der Waals surface area contributed by atoms with Crippen LogP contribution in [0.4, 0.5) is 4.39 Å². The number of imidazole rings is 1. The molecule has 8 heteroatoms. The van der Waals surface area contributed by atoms with E-state index < -0.39 is 0 Å². The highest BCUT2D eigenvalue weighted by Crippen LogP contribution is 2.40. The maximum absolute atomic E-state index is 13.9. The zero-order chi connectivity index (χ0) is 23.9. The molecule has 4 rings (SSSR count). The number of hydrogen-bond acceptors (Lipinski definition) is 5. The Hall–Kier alpha value is -2.87. The van der Waals surface area contributed by atoms with Gasteiger partial charge in [-0.05, 0) is 55.9 Å². The predicted molar refractivity (Wildman–Crippen MR) is 128 cm³/mol. The van der Waals surface area contributed by atoms with Gasteiger partial charge in [-0.2, -0.15) is 4.39 Å². The average Bonchev–Trinajstić information content (AvgIpc) is 3.34. The van der Waals surface area contributed by atoms with Gasteiger partial charge in [0.25, 0.3) is 5.91 Å². The highest BCUT2D eigenvalue weighted by Gasteiger charge is 2.30. The standard InChI is InChI=1S/C25H30FN3O3S/c1-14(2)32-19-12-17-15(11-18(19)31-6)7-8-16-22(24(30)27-13-25(3,4)5)28-23(29(16)17)20-9-10-21(26)33-20/h9-12,14H,7-8,13H2,1-6H3,(H,27,30). The van der Waals surface area contributed by atoms with E-state index in [0.717, 1.165) is 34.7 Å². The van der Waals surface area contributed by atoms with E-state index in [1.807, 2.05) is 30.5 Å². The number of ether oxygens (including phenoxy) is 2. The summed E-state index contributed by atoms with van der Waals surface area (Å²) in [6.45, 7) is 10.6. The third kappa shape index (κ3) is 4.76. The number of amides is 1. The molecule has 1 N–H and O–H groups in total. The van der Waals surface area contributed by atoms with E-state index in [0.29, 0.717) is 40.9 Å². The predicted octanol–water partition coefficient (Wildman–Crippen LogP) is 5.41. The van der Waals surface area contributed by atoms with Crippen molar-refractivity contribution in [3.05, 3.63) is 46.3 Å². The molecule has 176 valence electrons. The molecule has 1 aliphatic rings. The highest BCUT2D eigenvalue weighted by molar-refractivity contribution is 7.13. The molecular weight excluding hydrogens is 441 g/mol. The van der Waals surface area contributed by atoms with Gasteiger partial charge in [0.1, 0.15) is 5.69 Å². The third-order valence-electron chi connectivity index (χ3n) is 5.36. The van der Waals surface area contributed by atoms with E-state index in [4.69, 9.17) is 14.5 Å². The molecule has 3 heterocycles.